The van der Waals surface area contributed by atoms with Crippen molar-refractivity contribution in [3.8, 4) is 0 Å². The van der Waals surface area contributed by atoms with Crippen molar-refractivity contribution in [3.05, 3.63) is 87.5 Å². The Morgan fingerprint density at radius 3 is 2.75 bits per heavy atom. The molecule has 1 aliphatic heterocycles. The predicted molar refractivity (Wildman–Crippen MR) is 128 cm³/mol. The van der Waals surface area contributed by atoms with Crippen LogP contribution < -0.4 is 11.0 Å². The summed E-state index contributed by atoms with van der Waals surface area (Å²) in [7, 11) is 0. The van der Waals surface area contributed by atoms with E-state index in [1.807, 2.05) is 0 Å². The maximum Gasteiger partial charge on any atom is 0.341 e. The summed E-state index contributed by atoms with van der Waals surface area (Å²) >= 11 is 0. The number of hydrogen-bond donors (Lipinski definition) is 0. The van der Waals surface area contributed by atoms with Crippen LogP contribution in [0.4, 0.5) is 4.39 Å². The number of pyridine rings is 2. The zero-order valence-corrected chi connectivity index (χ0v) is 19.5. The third kappa shape index (κ3) is 4.31. The van der Waals surface area contributed by atoms with Crippen molar-refractivity contribution in [2.75, 3.05) is 13.2 Å². The summed E-state index contributed by atoms with van der Waals surface area (Å²) in [6.45, 7) is 2.46. The Morgan fingerprint density at radius 1 is 1.19 bits per heavy atom. The fraction of sp³-hybridized carbons (Fsp3) is 0.269. The number of carbonyl (C=O) groups is 2. The van der Waals surface area contributed by atoms with Gasteiger partial charge in [-0.3, -0.25) is 14.0 Å². The van der Waals surface area contributed by atoms with E-state index in [1.54, 1.807) is 31.3 Å². The molecule has 10 heteroatoms. The molecule has 1 saturated heterocycles. The average Bonchev–Trinajstić information content (AvgIpc) is 3.39. The van der Waals surface area contributed by atoms with Gasteiger partial charge in [-0.25, -0.2) is 14.2 Å². The van der Waals surface area contributed by atoms with Gasteiger partial charge in [0.15, 0.2) is 5.49 Å². The second-order valence-corrected chi connectivity index (χ2v) is 8.33. The highest BCUT2D eigenvalue weighted by Crippen LogP contribution is 2.18. The minimum absolute atomic E-state index is 0.0677. The van der Waals surface area contributed by atoms with Crippen molar-refractivity contribution in [1.29, 1.82) is 0 Å². The highest BCUT2D eigenvalue weighted by Gasteiger charge is 2.24. The third-order valence-corrected chi connectivity index (χ3v) is 6.01. The Balaban J connectivity index is 1.87. The van der Waals surface area contributed by atoms with Crippen LogP contribution in [0.5, 0.6) is 0 Å². The molecule has 0 bridgehead atoms. The Hall–Kier alpha value is -4.18. The van der Waals surface area contributed by atoms with Crippen LogP contribution in [-0.2, 0) is 16.0 Å². The van der Waals surface area contributed by atoms with Gasteiger partial charge in [0, 0.05) is 12.8 Å². The largest absolute Gasteiger partial charge is 0.462 e. The molecule has 4 aromatic rings. The molecule has 0 N–H and O–H groups in total. The lowest BCUT2D eigenvalue weighted by molar-refractivity contribution is 0.0521. The number of esters is 1. The zero-order chi connectivity index (χ0) is 25.2. The molecule has 1 aromatic carbocycles. The lowest BCUT2D eigenvalue weighted by atomic mass is 10.1. The topological polar surface area (TPSA) is 104 Å². The van der Waals surface area contributed by atoms with E-state index in [4.69, 9.17) is 9.47 Å². The standard InChI is InChI=1S/C26H23FN4O5/c1-2-35-26(34)19-14-18-22(28-21-11-5-6-12-30(21)25(18)33)31(15-16-8-7-13-36-16)23(19)29-24(32)17-9-3-4-10-20(17)27/h3-6,9-12,14,16H,2,7-8,13,15H2,1H3/t16-/m1/s1. The average molecular weight is 490 g/mol. The van der Waals surface area contributed by atoms with Crippen LogP contribution in [0.3, 0.4) is 0 Å². The normalized spacial score (nSPS) is 16.1. The number of nitrogens with zero attached hydrogens (tertiary/aromatic N) is 4. The lowest BCUT2D eigenvalue weighted by Gasteiger charge is -2.18. The van der Waals surface area contributed by atoms with Crippen LogP contribution in [0.1, 0.15) is 40.5 Å². The van der Waals surface area contributed by atoms with Crippen LogP contribution in [0.2, 0.25) is 0 Å². The molecule has 0 unspecified atom stereocenters. The van der Waals surface area contributed by atoms with Gasteiger partial charge < -0.3 is 14.0 Å². The van der Waals surface area contributed by atoms with Crippen molar-refractivity contribution >= 4 is 28.6 Å². The highest BCUT2D eigenvalue weighted by molar-refractivity contribution is 5.97. The quantitative estimate of drug-likeness (QED) is 0.315. The van der Waals surface area contributed by atoms with Crippen molar-refractivity contribution < 1.29 is 23.5 Å². The Labute approximate surface area is 204 Å². The van der Waals surface area contributed by atoms with E-state index >= 15 is 0 Å². The number of hydrogen-bond acceptors (Lipinski definition) is 6. The Morgan fingerprint density at radius 2 is 2.00 bits per heavy atom. The van der Waals surface area contributed by atoms with E-state index in [1.165, 1.54) is 33.2 Å². The highest BCUT2D eigenvalue weighted by atomic mass is 19.1. The van der Waals surface area contributed by atoms with Crippen LogP contribution in [0.25, 0.3) is 16.7 Å². The number of rotatable bonds is 5. The van der Waals surface area contributed by atoms with Gasteiger partial charge in [-0.05, 0) is 50.1 Å². The van der Waals surface area contributed by atoms with Crippen LogP contribution in [0, 0.1) is 5.82 Å². The minimum atomic E-state index is -0.878. The summed E-state index contributed by atoms with van der Waals surface area (Å²) in [6.07, 6.45) is 2.92. The maximum absolute atomic E-state index is 14.4. The van der Waals surface area contributed by atoms with E-state index in [0.717, 1.165) is 18.9 Å². The van der Waals surface area contributed by atoms with E-state index in [9.17, 15) is 18.8 Å². The van der Waals surface area contributed by atoms with Gasteiger partial charge >= 0.3 is 5.97 Å². The number of amides is 1. The SMILES string of the molecule is CCOC(=O)c1cc2c(=O)n3ccccc3nc2n(C[C@H]2CCCO2)c1=NC(=O)c1ccccc1F. The molecular weight excluding hydrogens is 467 g/mol. The van der Waals surface area contributed by atoms with Crippen LogP contribution in [0.15, 0.2) is 64.5 Å². The summed E-state index contributed by atoms with van der Waals surface area (Å²) in [4.78, 5) is 48.3. The van der Waals surface area contributed by atoms with E-state index in [-0.39, 0.29) is 46.9 Å². The molecule has 1 fully saturated rings. The zero-order valence-electron chi connectivity index (χ0n) is 19.5. The van der Waals surface area contributed by atoms with E-state index < -0.39 is 23.3 Å². The lowest BCUT2D eigenvalue weighted by Crippen LogP contribution is -2.35. The first kappa shape index (κ1) is 23.6. The van der Waals surface area contributed by atoms with Gasteiger partial charge in [-0.2, -0.15) is 4.99 Å². The molecule has 0 radical (unpaired) electrons. The first-order valence-electron chi connectivity index (χ1n) is 11.6. The van der Waals surface area contributed by atoms with Gasteiger partial charge in [0.1, 0.15) is 22.7 Å². The second kappa shape index (κ2) is 9.82. The second-order valence-electron chi connectivity index (χ2n) is 8.33. The molecular formula is C26H23FN4O5. The summed E-state index contributed by atoms with van der Waals surface area (Å²) < 4.78 is 28.3. The molecule has 1 amide bonds. The number of fused-ring (bicyclic) bond motifs is 2. The Bertz CT molecular complexity index is 1620. The molecule has 4 heterocycles. The molecule has 184 valence electrons. The summed E-state index contributed by atoms with van der Waals surface area (Å²) in [5, 5.41) is 0.150. The number of aromatic nitrogens is 3. The van der Waals surface area contributed by atoms with Crippen molar-refractivity contribution in [2.24, 2.45) is 4.99 Å². The molecule has 1 aliphatic rings. The van der Waals surface area contributed by atoms with Gasteiger partial charge in [0.25, 0.3) is 11.5 Å². The smallest absolute Gasteiger partial charge is 0.341 e. The molecule has 0 saturated carbocycles. The number of ether oxygens (including phenoxy) is 2. The first-order valence-corrected chi connectivity index (χ1v) is 11.6. The number of benzene rings is 1. The first-order chi connectivity index (χ1) is 17.5. The summed E-state index contributed by atoms with van der Waals surface area (Å²) in [6, 6.07) is 11.9. The van der Waals surface area contributed by atoms with Crippen LogP contribution >= 0.6 is 0 Å². The van der Waals surface area contributed by atoms with Crippen molar-refractivity contribution in [3.63, 3.8) is 0 Å². The Kier molecular flexibility index (Phi) is 6.43. The maximum atomic E-state index is 14.4. The molecule has 0 spiro atoms. The predicted octanol–water partition coefficient (Wildman–Crippen LogP) is 2.89. The summed E-state index contributed by atoms with van der Waals surface area (Å²) in [5.41, 5.74) is -0.197. The van der Waals surface area contributed by atoms with E-state index in [0.29, 0.717) is 12.3 Å². The molecule has 0 aliphatic carbocycles. The van der Waals surface area contributed by atoms with Crippen LogP contribution in [-0.4, -0.2) is 45.1 Å². The third-order valence-electron chi connectivity index (χ3n) is 6.01. The molecule has 9 nitrogen and oxygen atoms in total. The van der Waals surface area contributed by atoms with Gasteiger partial charge in [0.05, 0.1) is 30.2 Å². The van der Waals surface area contributed by atoms with Crippen molar-refractivity contribution in [1.82, 2.24) is 14.0 Å². The van der Waals surface area contributed by atoms with Gasteiger partial charge in [-0.15, -0.1) is 0 Å². The van der Waals surface area contributed by atoms with Gasteiger partial charge in [0.2, 0.25) is 0 Å². The molecule has 36 heavy (non-hydrogen) atoms. The molecule has 1 atom stereocenters. The van der Waals surface area contributed by atoms with Crippen molar-refractivity contribution in [2.45, 2.75) is 32.4 Å². The summed E-state index contributed by atoms with van der Waals surface area (Å²) in [5.74, 6) is -2.38. The fourth-order valence-corrected chi connectivity index (χ4v) is 4.31. The van der Waals surface area contributed by atoms with Gasteiger partial charge in [-0.1, -0.05) is 18.2 Å². The van der Waals surface area contributed by atoms with E-state index in [2.05, 4.69) is 9.98 Å². The molecule has 3 aromatic heterocycles. The monoisotopic (exact) mass is 490 g/mol. The number of halogens is 1. The number of carbonyl (C=O) groups excluding carboxylic acids is 2. The fourth-order valence-electron chi connectivity index (χ4n) is 4.31. The minimum Gasteiger partial charge on any atom is -0.462 e. The molecule has 5 rings (SSSR count).